The molecule has 3 aromatic rings. The zero-order valence-corrected chi connectivity index (χ0v) is 12.2. The predicted octanol–water partition coefficient (Wildman–Crippen LogP) is 3.34. The van der Waals surface area contributed by atoms with Crippen molar-refractivity contribution in [2.24, 2.45) is 0 Å². The van der Waals surface area contributed by atoms with Crippen molar-refractivity contribution in [2.45, 2.75) is 6.92 Å². The highest BCUT2D eigenvalue weighted by molar-refractivity contribution is 5.68. The molecule has 0 unspecified atom stereocenters. The van der Waals surface area contributed by atoms with Gasteiger partial charge in [-0.05, 0) is 18.6 Å². The van der Waals surface area contributed by atoms with Gasteiger partial charge >= 0.3 is 0 Å². The zero-order chi connectivity index (χ0) is 14.7. The molecule has 0 fully saturated rings. The summed E-state index contributed by atoms with van der Waals surface area (Å²) < 4.78 is 7.48. The van der Waals surface area contributed by atoms with E-state index in [2.05, 4.69) is 65.3 Å². The predicted molar refractivity (Wildman–Crippen MR) is 82.5 cm³/mol. The number of aromatic nitrogens is 2. The van der Waals surface area contributed by atoms with Crippen molar-refractivity contribution < 1.29 is 9.30 Å². The highest BCUT2D eigenvalue weighted by Gasteiger charge is 2.11. The molecule has 2 heterocycles. The fraction of sp³-hybridized carbons (Fsp3) is 0.111. The maximum atomic E-state index is 5.36. The normalized spacial score (nSPS) is 10.4. The molecular weight excluding hydrogens is 260 g/mol. The number of benzene rings is 1. The van der Waals surface area contributed by atoms with E-state index in [-0.39, 0.29) is 0 Å². The van der Waals surface area contributed by atoms with Crippen molar-refractivity contribution in [3.63, 3.8) is 0 Å². The van der Waals surface area contributed by atoms with Crippen LogP contribution in [0, 0.1) is 6.92 Å². The number of nitrogens with zero attached hydrogens (tertiary/aromatic N) is 2. The molecule has 0 spiro atoms. The fourth-order valence-electron chi connectivity index (χ4n) is 2.40. The van der Waals surface area contributed by atoms with Crippen LogP contribution in [0.3, 0.4) is 0 Å². The molecule has 3 heteroatoms. The molecular formula is C18H17N2O+. The molecule has 3 nitrogen and oxygen atoms in total. The topological polar surface area (TPSA) is 26.0 Å². The van der Waals surface area contributed by atoms with E-state index in [1.807, 2.05) is 6.07 Å². The SMILES string of the molecule is COc1cnccc1-c1cc[n+](-c2ccccc2C)cc1. The Morgan fingerprint density at radius 1 is 1.00 bits per heavy atom. The summed E-state index contributed by atoms with van der Waals surface area (Å²) >= 11 is 0. The van der Waals surface area contributed by atoms with Gasteiger partial charge in [0.25, 0.3) is 0 Å². The minimum atomic E-state index is 0.783. The number of methoxy groups -OCH3 is 1. The van der Waals surface area contributed by atoms with Crippen LogP contribution in [0.1, 0.15) is 5.56 Å². The van der Waals surface area contributed by atoms with Crippen molar-refractivity contribution in [2.75, 3.05) is 7.11 Å². The van der Waals surface area contributed by atoms with Gasteiger partial charge in [0.1, 0.15) is 5.75 Å². The molecule has 0 aliphatic rings. The molecule has 0 aliphatic carbocycles. The molecule has 0 saturated heterocycles. The number of rotatable bonds is 3. The number of aryl methyl sites for hydroxylation is 1. The summed E-state index contributed by atoms with van der Waals surface area (Å²) in [5.41, 5.74) is 4.59. The third-order valence-electron chi connectivity index (χ3n) is 3.54. The van der Waals surface area contributed by atoms with E-state index < -0.39 is 0 Å². The molecule has 2 aromatic heterocycles. The highest BCUT2D eigenvalue weighted by atomic mass is 16.5. The Kier molecular flexibility index (Phi) is 3.65. The van der Waals surface area contributed by atoms with Gasteiger partial charge in [-0.15, -0.1) is 0 Å². The Balaban J connectivity index is 2.00. The summed E-state index contributed by atoms with van der Waals surface area (Å²) in [6.07, 6.45) is 7.65. The first kappa shape index (κ1) is 13.3. The summed E-state index contributed by atoms with van der Waals surface area (Å²) in [6.45, 7) is 2.11. The van der Waals surface area contributed by atoms with Gasteiger partial charge in [-0.25, -0.2) is 0 Å². The summed E-state index contributed by atoms with van der Waals surface area (Å²) in [5.74, 6) is 0.783. The standard InChI is InChI=1S/C18H17N2O/c1-14-5-3-4-6-17(14)20-11-8-15(9-12-20)16-7-10-19-13-18(16)21-2/h3-13H,1-2H3/q+1. The number of pyridine rings is 2. The Labute approximate surface area is 124 Å². The summed E-state index contributed by atoms with van der Waals surface area (Å²) in [4.78, 5) is 4.09. The van der Waals surface area contributed by atoms with Gasteiger partial charge in [0.15, 0.2) is 12.4 Å². The number of ether oxygens (including phenoxy) is 1. The lowest BCUT2D eigenvalue weighted by molar-refractivity contribution is -0.596. The van der Waals surface area contributed by atoms with E-state index in [1.165, 1.54) is 11.3 Å². The molecule has 3 rings (SSSR count). The van der Waals surface area contributed by atoms with E-state index in [0.29, 0.717) is 0 Å². The smallest absolute Gasteiger partial charge is 0.213 e. The zero-order valence-electron chi connectivity index (χ0n) is 12.2. The van der Waals surface area contributed by atoms with Crippen LogP contribution in [0.25, 0.3) is 16.8 Å². The monoisotopic (exact) mass is 277 g/mol. The molecule has 0 saturated carbocycles. The maximum Gasteiger partial charge on any atom is 0.213 e. The molecule has 104 valence electrons. The fourth-order valence-corrected chi connectivity index (χ4v) is 2.40. The molecule has 21 heavy (non-hydrogen) atoms. The quantitative estimate of drug-likeness (QED) is 0.686. The molecule has 0 aliphatic heterocycles. The van der Waals surface area contributed by atoms with Crippen LogP contribution in [-0.4, -0.2) is 12.1 Å². The van der Waals surface area contributed by atoms with Crippen LogP contribution in [0.5, 0.6) is 5.75 Å². The number of hydrogen-bond acceptors (Lipinski definition) is 2. The van der Waals surface area contributed by atoms with Crippen molar-refractivity contribution in [3.05, 3.63) is 72.8 Å². The van der Waals surface area contributed by atoms with E-state index in [1.54, 1.807) is 19.5 Å². The van der Waals surface area contributed by atoms with Crippen LogP contribution >= 0.6 is 0 Å². The molecule has 0 atom stereocenters. The second-order valence-electron chi connectivity index (χ2n) is 4.86. The van der Waals surface area contributed by atoms with Gasteiger partial charge in [-0.3, -0.25) is 4.98 Å². The average Bonchev–Trinajstić information content (AvgIpc) is 2.55. The lowest BCUT2D eigenvalue weighted by atomic mass is 10.1. The van der Waals surface area contributed by atoms with E-state index in [0.717, 1.165) is 16.9 Å². The summed E-state index contributed by atoms with van der Waals surface area (Å²) in [5, 5.41) is 0. The maximum absolute atomic E-state index is 5.36. The van der Waals surface area contributed by atoms with Gasteiger partial charge in [-0.2, -0.15) is 4.57 Å². The van der Waals surface area contributed by atoms with Gasteiger partial charge in [0.05, 0.1) is 13.3 Å². The minimum Gasteiger partial charge on any atom is -0.494 e. The first-order chi connectivity index (χ1) is 10.3. The molecule has 0 bridgehead atoms. The molecule has 1 aromatic carbocycles. The Morgan fingerprint density at radius 2 is 1.76 bits per heavy atom. The molecule has 0 amide bonds. The summed E-state index contributed by atoms with van der Waals surface area (Å²) in [7, 11) is 1.66. The van der Waals surface area contributed by atoms with E-state index >= 15 is 0 Å². The number of para-hydroxylation sites is 1. The Hall–Kier alpha value is -2.68. The van der Waals surface area contributed by atoms with E-state index in [4.69, 9.17) is 4.74 Å². The van der Waals surface area contributed by atoms with Crippen molar-refractivity contribution in [3.8, 4) is 22.6 Å². The van der Waals surface area contributed by atoms with Gasteiger partial charge in [-0.1, -0.05) is 18.2 Å². The minimum absolute atomic E-state index is 0.783. The first-order valence-electron chi connectivity index (χ1n) is 6.85. The average molecular weight is 277 g/mol. The van der Waals surface area contributed by atoms with Crippen LogP contribution in [0.4, 0.5) is 0 Å². The van der Waals surface area contributed by atoms with Crippen LogP contribution < -0.4 is 9.30 Å². The third kappa shape index (κ3) is 2.63. The Bertz CT molecular complexity index is 751. The second kappa shape index (κ2) is 5.75. The van der Waals surface area contributed by atoms with Crippen molar-refractivity contribution >= 4 is 0 Å². The number of hydrogen-bond donors (Lipinski definition) is 0. The highest BCUT2D eigenvalue weighted by Crippen LogP contribution is 2.27. The molecule has 0 radical (unpaired) electrons. The molecule has 0 N–H and O–H groups in total. The van der Waals surface area contributed by atoms with Crippen LogP contribution in [-0.2, 0) is 0 Å². The van der Waals surface area contributed by atoms with Crippen molar-refractivity contribution in [1.29, 1.82) is 0 Å². The van der Waals surface area contributed by atoms with Crippen LogP contribution in [0.15, 0.2) is 67.3 Å². The van der Waals surface area contributed by atoms with Gasteiger partial charge < -0.3 is 4.74 Å². The Morgan fingerprint density at radius 3 is 2.48 bits per heavy atom. The van der Waals surface area contributed by atoms with Gasteiger partial charge in [0, 0.05) is 35.5 Å². The van der Waals surface area contributed by atoms with Crippen LogP contribution in [0.2, 0.25) is 0 Å². The lowest BCUT2D eigenvalue weighted by Crippen LogP contribution is -2.30. The lowest BCUT2D eigenvalue weighted by Gasteiger charge is -2.07. The largest absolute Gasteiger partial charge is 0.494 e. The van der Waals surface area contributed by atoms with Gasteiger partial charge in [0.2, 0.25) is 5.69 Å². The van der Waals surface area contributed by atoms with Crippen molar-refractivity contribution in [1.82, 2.24) is 4.98 Å². The second-order valence-corrected chi connectivity index (χ2v) is 4.86. The summed E-state index contributed by atoms with van der Waals surface area (Å²) in [6, 6.07) is 14.5. The third-order valence-corrected chi connectivity index (χ3v) is 3.54. The first-order valence-corrected chi connectivity index (χ1v) is 6.85. The van der Waals surface area contributed by atoms with E-state index in [9.17, 15) is 0 Å².